The molecule has 1 unspecified atom stereocenters. The summed E-state index contributed by atoms with van der Waals surface area (Å²) < 4.78 is 50.1. The van der Waals surface area contributed by atoms with E-state index in [2.05, 4.69) is 4.98 Å². The van der Waals surface area contributed by atoms with Crippen LogP contribution in [0.25, 0.3) is 20.8 Å². The lowest BCUT2D eigenvalue weighted by atomic mass is 9.69. The zero-order valence-corrected chi connectivity index (χ0v) is 20.7. The standard InChI is InChI=1S/C25H23F3N4O4S/c1-31(2)11-12-36-18-8-9-19-20(13-18)37-23(30-19)15-3-6-17(7-4-15)24(25(26,27)28)14-16(22(29)33)5-10-21(24)32(34)35/h3-10,13H,11-12,14H2,1-2H3,(H2,29,33). The van der Waals surface area contributed by atoms with E-state index in [0.717, 1.165) is 17.3 Å². The first-order chi connectivity index (χ1) is 17.4. The Hall–Kier alpha value is -3.77. The van der Waals surface area contributed by atoms with Crippen molar-refractivity contribution in [3.05, 3.63) is 81.6 Å². The van der Waals surface area contributed by atoms with Crippen molar-refractivity contribution in [2.75, 3.05) is 27.2 Å². The number of nitrogens with two attached hydrogens (primary N) is 1. The second-order valence-electron chi connectivity index (χ2n) is 8.82. The monoisotopic (exact) mass is 532 g/mol. The van der Waals surface area contributed by atoms with Gasteiger partial charge in [-0.25, -0.2) is 4.98 Å². The van der Waals surface area contributed by atoms with Crippen LogP contribution in [0.15, 0.2) is 65.9 Å². The zero-order chi connectivity index (χ0) is 27.0. The smallest absolute Gasteiger partial charge is 0.408 e. The highest BCUT2D eigenvalue weighted by atomic mass is 32.1. The summed E-state index contributed by atoms with van der Waals surface area (Å²) in [7, 11) is 3.89. The number of likely N-dealkylation sites (N-methyl/N-ethyl adjacent to an activating group) is 1. The number of hydrogen-bond donors (Lipinski definition) is 1. The molecule has 1 aromatic heterocycles. The van der Waals surface area contributed by atoms with E-state index in [0.29, 0.717) is 34.5 Å². The third kappa shape index (κ3) is 5.07. The maximum absolute atomic E-state index is 14.5. The SMILES string of the molecule is CN(C)CCOc1ccc2nc(-c3ccc(C4(C(F)(F)F)CC(C(N)=O)=CC=C4[N+](=O)[O-])cc3)sc2c1. The Bertz CT molecular complexity index is 1410. The van der Waals surface area contributed by atoms with Crippen LogP contribution < -0.4 is 10.5 Å². The first-order valence-electron chi connectivity index (χ1n) is 11.1. The molecule has 0 saturated carbocycles. The number of carbonyl (C=O) groups excluding carboxylic acids is 1. The number of benzene rings is 2. The van der Waals surface area contributed by atoms with Gasteiger partial charge in [0, 0.05) is 30.2 Å². The molecule has 4 rings (SSSR count). The molecular weight excluding hydrogens is 509 g/mol. The number of fused-ring (bicyclic) bond motifs is 1. The van der Waals surface area contributed by atoms with E-state index in [1.807, 2.05) is 25.1 Å². The number of carbonyl (C=O) groups is 1. The number of primary amides is 1. The van der Waals surface area contributed by atoms with E-state index in [4.69, 9.17) is 10.5 Å². The minimum Gasteiger partial charge on any atom is -0.492 e. The third-order valence-electron chi connectivity index (χ3n) is 6.12. The van der Waals surface area contributed by atoms with Gasteiger partial charge in [0.25, 0.3) is 5.70 Å². The van der Waals surface area contributed by atoms with Gasteiger partial charge in [0.05, 0.1) is 15.1 Å². The van der Waals surface area contributed by atoms with Crippen LogP contribution in [-0.2, 0) is 10.2 Å². The molecule has 2 aromatic carbocycles. The van der Waals surface area contributed by atoms with Gasteiger partial charge in [-0.15, -0.1) is 11.3 Å². The van der Waals surface area contributed by atoms with Crippen molar-refractivity contribution in [1.82, 2.24) is 9.88 Å². The molecule has 194 valence electrons. The number of aromatic nitrogens is 1. The fourth-order valence-electron chi connectivity index (χ4n) is 4.16. The molecule has 1 heterocycles. The van der Waals surface area contributed by atoms with Gasteiger partial charge in [0.15, 0.2) is 5.41 Å². The Balaban J connectivity index is 1.69. The summed E-state index contributed by atoms with van der Waals surface area (Å²) in [6.07, 6.45) is -4.36. The lowest BCUT2D eigenvalue weighted by Gasteiger charge is -2.35. The van der Waals surface area contributed by atoms with E-state index >= 15 is 0 Å². The Morgan fingerprint density at radius 2 is 1.92 bits per heavy atom. The molecule has 0 bridgehead atoms. The first-order valence-corrected chi connectivity index (χ1v) is 12.0. The summed E-state index contributed by atoms with van der Waals surface area (Å²) >= 11 is 1.35. The molecule has 3 aromatic rings. The number of halogens is 3. The van der Waals surface area contributed by atoms with Gasteiger partial charge >= 0.3 is 6.18 Å². The van der Waals surface area contributed by atoms with Gasteiger partial charge in [-0.05, 0) is 43.9 Å². The molecule has 0 spiro atoms. The summed E-state index contributed by atoms with van der Waals surface area (Å²) in [4.78, 5) is 28.8. The normalized spacial score (nSPS) is 18.0. The average molecular weight is 533 g/mol. The summed E-state index contributed by atoms with van der Waals surface area (Å²) in [5, 5.41) is 12.2. The second kappa shape index (κ2) is 9.94. The lowest BCUT2D eigenvalue weighted by molar-refractivity contribution is -0.446. The van der Waals surface area contributed by atoms with Crippen molar-refractivity contribution in [3.8, 4) is 16.3 Å². The fraction of sp³-hybridized carbons (Fsp3) is 0.280. The van der Waals surface area contributed by atoms with Crippen molar-refractivity contribution in [1.29, 1.82) is 0 Å². The summed E-state index contributed by atoms with van der Waals surface area (Å²) in [6, 6.07) is 10.7. The summed E-state index contributed by atoms with van der Waals surface area (Å²) in [6.45, 7) is 1.27. The van der Waals surface area contributed by atoms with Crippen molar-refractivity contribution in [2.45, 2.75) is 18.0 Å². The van der Waals surface area contributed by atoms with Crippen LogP contribution >= 0.6 is 11.3 Å². The molecule has 1 atom stereocenters. The Kier molecular flexibility index (Phi) is 7.07. The van der Waals surface area contributed by atoms with E-state index in [1.165, 1.54) is 35.6 Å². The van der Waals surface area contributed by atoms with Crippen molar-refractivity contribution < 1.29 is 27.6 Å². The van der Waals surface area contributed by atoms with Gasteiger partial charge in [0.1, 0.15) is 17.4 Å². The van der Waals surface area contributed by atoms with Crippen LogP contribution in [0.3, 0.4) is 0 Å². The van der Waals surface area contributed by atoms with Gasteiger partial charge in [0.2, 0.25) is 5.91 Å². The maximum atomic E-state index is 14.5. The molecule has 0 aliphatic heterocycles. The van der Waals surface area contributed by atoms with Gasteiger partial charge in [-0.2, -0.15) is 13.2 Å². The molecule has 2 N–H and O–H groups in total. The molecule has 1 aliphatic carbocycles. The van der Waals surface area contributed by atoms with Crippen LogP contribution in [0.1, 0.15) is 12.0 Å². The molecule has 0 saturated heterocycles. The Labute approximate surface area is 214 Å². The predicted octanol–water partition coefficient (Wildman–Crippen LogP) is 4.68. The highest BCUT2D eigenvalue weighted by molar-refractivity contribution is 7.21. The number of thiazole rings is 1. The third-order valence-corrected chi connectivity index (χ3v) is 7.19. The van der Waals surface area contributed by atoms with Crippen molar-refractivity contribution >= 4 is 27.5 Å². The maximum Gasteiger partial charge on any atom is 0.408 e. The fourth-order valence-corrected chi connectivity index (χ4v) is 5.16. The van der Waals surface area contributed by atoms with Gasteiger partial charge in [-0.1, -0.05) is 24.3 Å². The van der Waals surface area contributed by atoms with Crippen LogP contribution in [0.2, 0.25) is 0 Å². The quantitative estimate of drug-likeness (QED) is 0.333. The Morgan fingerprint density at radius 1 is 1.22 bits per heavy atom. The van der Waals surface area contributed by atoms with E-state index in [1.54, 1.807) is 12.1 Å². The number of rotatable bonds is 8. The first kappa shape index (κ1) is 26.3. The van der Waals surface area contributed by atoms with Crippen molar-refractivity contribution in [2.24, 2.45) is 5.73 Å². The van der Waals surface area contributed by atoms with Crippen LogP contribution in [-0.4, -0.2) is 54.1 Å². The second-order valence-corrected chi connectivity index (χ2v) is 9.85. The Morgan fingerprint density at radius 3 is 2.51 bits per heavy atom. The van der Waals surface area contributed by atoms with E-state index in [-0.39, 0.29) is 11.1 Å². The number of hydrogen-bond acceptors (Lipinski definition) is 7. The topological polar surface area (TPSA) is 112 Å². The molecule has 1 aliphatic rings. The molecule has 1 amide bonds. The lowest BCUT2D eigenvalue weighted by Crippen LogP contribution is -2.48. The number of amides is 1. The van der Waals surface area contributed by atoms with Gasteiger partial charge < -0.3 is 15.4 Å². The molecule has 8 nitrogen and oxygen atoms in total. The molecular formula is C25H23F3N4O4S. The number of allylic oxidation sites excluding steroid dienone is 3. The van der Waals surface area contributed by atoms with Crippen LogP contribution in [0, 0.1) is 10.1 Å². The molecule has 37 heavy (non-hydrogen) atoms. The van der Waals surface area contributed by atoms with Gasteiger partial charge in [-0.3, -0.25) is 14.9 Å². The largest absolute Gasteiger partial charge is 0.492 e. The summed E-state index contributed by atoms with van der Waals surface area (Å²) in [5.41, 5.74) is 1.67. The predicted molar refractivity (Wildman–Crippen MR) is 134 cm³/mol. The van der Waals surface area contributed by atoms with Crippen LogP contribution in [0.4, 0.5) is 13.2 Å². The van der Waals surface area contributed by atoms with E-state index in [9.17, 15) is 28.1 Å². The van der Waals surface area contributed by atoms with Crippen LogP contribution in [0.5, 0.6) is 5.75 Å². The van der Waals surface area contributed by atoms with Crippen molar-refractivity contribution in [3.63, 3.8) is 0 Å². The minimum absolute atomic E-state index is 0.346. The number of nitro groups is 1. The number of nitrogens with zero attached hydrogens (tertiary/aromatic N) is 3. The average Bonchev–Trinajstić information content (AvgIpc) is 3.26. The minimum atomic E-state index is -5.07. The highest BCUT2D eigenvalue weighted by Crippen LogP contribution is 2.52. The number of ether oxygens (including phenoxy) is 1. The summed E-state index contributed by atoms with van der Waals surface area (Å²) in [5.74, 6) is -0.384. The van der Waals surface area contributed by atoms with E-state index < -0.39 is 34.5 Å². The molecule has 0 fully saturated rings. The molecule has 12 heteroatoms. The highest BCUT2D eigenvalue weighted by Gasteiger charge is 2.64. The molecule has 0 radical (unpaired) electrons. The number of alkyl halides is 3. The zero-order valence-electron chi connectivity index (χ0n) is 19.9.